The average molecular weight is 434 g/mol. The number of nitrogens with zero attached hydrogens (tertiary/aromatic N) is 2. The molecule has 2 saturated carbocycles. The monoisotopic (exact) mass is 433 g/mol. The molecule has 0 radical (unpaired) electrons. The lowest BCUT2D eigenvalue weighted by Gasteiger charge is -2.22. The zero-order valence-corrected chi connectivity index (χ0v) is 18.1. The second-order valence-electron chi connectivity index (χ2n) is 8.88. The summed E-state index contributed by atoms with van der Waals surface area (Å²) < 4.78 is 19.4. The summed E-state index contributed by atoms with van der Waals surface area (Å²) in [7, 11) is 1.93. The standard InChI is InChI=1S/C22H25ClFN3OS/c1-26-18(10-19(28)25-14-5-3-2-4-6-14)20-16-11-22(16,12-27(20)21(26)29)15-9-13(23)7-8-17(15)24/h7-9,14,16H,2-6,10-12H2,1H3,(H,25,28)/t16?,22-/m1/s1. The van der Waals surface area contributed by atoms with Crippen molar-refractivity contribution in [3.63, 3.8) is 0 Å². The molecule has 1 aliphatic heterocycles. The first-order valence-corrected chi connectivity index (χ1v) is 11.2. The third kappa shape index (κ3) is 3.07. The van der Waals surface area contributed by atoms with E-state index in [0.717, 1.165) is 30.7 Å². The van der Waals surface area contributed by atoms with Gasteiger partial charge in [-0.1, -0.05) is 30.9 Å². The molecule has 1 N–H and O–H groups in total. The van der Waals surface area contributed by atoms with Gasteiger partial charge < -0.3 is 14.5 Å². The average Bonchev–Trinajstić information content (AvgIpc) is 3.26. The van der Waals surface area contributed by atoms with Crippen molar-refractivity contribution in [3.8, 4) is 0 Å². The van der Waals surface area contributed by atoms with Crippen molar-refractivity contribution in [2.24, 2.45) is 7.05 Å². The van der Waals surface area contributed by atoms with Crippen LogP contribution >= 0.6 is 23.8 Å². The van der Waals surface area contributed by atoms with Crippen LogP contribution in [0, 0.1) is 10.6 Å². The Morgan fingerprint density at radius 2 is 2.10 bits per heavy atom. The molecule has 2 fully saturated rings. The summed E-state index contributed by atoms with van der Waals surface area (Å²) in [5.41, 5.74) is 2.47. The topological polar surface area (TPSA) is 39.0 Å². The van der Waals surface area contributed by atoms with E-state index in [9.17, 15) is 9.18 Å². The smallest absolute Gasteiger partial charge is 0.226 e. The van der Waals surface area contributed by atoms with Crippen LogP contribution in [0.5, 0.6) is 0 Å². The zero-order valence-electron chi connectivity index (χ0n) is 16.5. The number of hydrogen-bond donors (Lipinski definition) is 1. The lowest BCUT2D eigenvalue weighted by molar-refractivity contribution is -0.121. The number of nitrogens with one attached hydrogen (secondary N) is 1. The van der Waals surface area contributed by atoms with Crippen LogP contribution in [0.1, 0.15) is 61.4 Å². The Morgan fingerprint density at radius 3 is 2.86 bits per heavy atom. The third-order valence-electron chi connectivity index (χ3n) is 7.12. The van der Waals surface area contributed by atoms with Crippen LogP contribution in [0.15, 0.2) is 18.2 Å². The van der Waals surface area contributed by atoms with E-state index >= 15 is 0 Å². The van der Waals surface area contributed by atoms with Crippen LogP contribution in [-0.4, -0.2) is 21.1 Å². The molecular formula is C22H25ClFN3OS. The predicted molar refractivity (Wildman–Crippen MR) is 113 cm³/mol. The van der Waals surface area contributed by atoms with E-state index in [4.69, 9.17) is 23.8 Å². The lowest BCUT2D eigenvalue weighted by atomic mass is 9.93. The van der Waals surface area contributed by atoms with Gasteiger partial charge in [-0.2, -0.15) is 0 Å². The first-order valence-electron chi connectivity index (χ1n) is 10.4. The van der Waals surface area contributed by atoms with Crippen LogP contribution in [0.4, 0.5) is 4.39 Å². The normalized spacial score (nSPS) is 25.6. The van der Waals surface area contributed by atoms with Gasteiger partial charge in [-0.15, -0.1) is 0 Å². The molecule has 2 heterocycles. The lowest BCUT2D eigenvalue weighted by Crippen LogP contribution is -2.37. The Kier molecular flexibility index (Phi) is 4.63. The molecule has 5 rings (SSSR count). The Bertz CT molecular complexity index is 1060. The maximum atomic E-state index is 14.6. The molecule has 0 bridgehead atoms. The minimum Gasteiger partial charge on any atom is -0.353 e. The Balaban J connectivity index is 1.42. The molecule has 4 nitrogen and oxygen atoms in total. The van der Waals surface area contributed by atoms with E-state index < -0.39 is 0 Å². The number of hydrogen-bond acceptors (Lipinski definition) is 2. The largest absolute Gasteiger partial charge is 0.353 e. The fourth-order valence-electron chi connectivity index (χ4n) is 5.54. The van der Waals surface area contributed by atoms with Gasteiger partial charge in [-0.3, -0.25) is 4.79 Å². The molecule has 0 spiro atoms. The number of carbonyl (C=O) groups excluding carboxylic acids is 1. The van der Waals surface area contributed by atoms with Crippen molar-refractivity contribution in [1.29, 1.82) is 0 Å². The zero-order chi connectivity index (χ0) is 20.3. The third-order valence-corrected chi connectivity index (χ3v) is 7.85. The Morgan fingerprint density at radius 1 is 1.34 bits per heavy atom. The summed E-state index contributed by atoms with van der Waals surface area (Å²) in [6.07, 6.45) is 6.97. The van der Waals surface area contributed by atoms with Gasteiger partial charge >= 0.3 is 0 Å². The maximum Gasteiger partial charge on any atom is 0.226 e. The number of imidazole rings is 1. The number of fused-ring (bicyclic) bond motifs is 3. The summed E-state index contributed by atoms with van der Waals surface area (Å²) in [6.45, 7) is 0.654. The van der Waals surface area contributed by atoms with E-state index in [1.807, 2.05) is 11.6 Å². The van der Waals surface area contributed by atoms with Crippen LogP contribution < -0.4 is 5.32 Å². The number of halogens is 2. The minimum atomic E-state index is -0.277. The van der Waals surface area contributed by atoms with Gasteiger partial charge in [0.05, 0.1) is 6.42 Å². The van der Waals surface area contributed by atoms with Gasteiger partial charge in [0.25, 0.3) is 0 Å². The van der Waals surface area contributed by atoms with Crippen LogP contribution in [0.2, 0.25) is 5.02 Å². The molecule has 2 aliphatic carbocycles. The maximum absolute atomic E-state index is 14.6. The highest BCUT2D eigenvalue weighted by Crippen LogP contribution is 2.66. The highest BCUT2D eigenvalue weighted by Gasteiger charge is 2.63. The van der Waals surface area contributed by atoms with Gasteiger partial charge in [-0.05, 0) is 55.2 Å². The predicted octanol–water partition coefficient (Wildman–Crippen LogP) is 4.78. The summed E-state index contributed by atoms with van der Waals surface area (Å²) in [6, 6.07) is 5.08. The molecule has 2 atom stereocenters. The van der Waals surface area contributed by atoms with Gasteiger partial charge in [0.1, 0.15) is 5.82 Å². The van der Waals surface area contributed by atoms with E-state index in [0.29, 0.717) is 34.4 Å². The van der Waals surface area contributed by atoms with E-state index in [-0.39, 0.29) is 23.1 Å². The van der Waals surface area contributed by atoms with Crippen LogP contribution in [-0.2, 0) is 30.2 Å². The first kappa shape index (κ1) is 19.3. The number of aromatic nitrogens is 2. The summed E-state index contributed by atoms with van der Waals surface area (Å²) in [5.74, 6) is 0.0355. The van der Waals surface area contributed by atoms with E-state index in [2.05, 4.69) is 9.88 Å². The molecule has 7 heteroatoms. The number of amides is 1. The van der Waals surface area contributed by atoms with Crippen molar-refractivity contribution in [3.05, 3.63) is 50.8 Å². The summed E-state index contributed by atoms with van der Waals surface area (Å²) in [5, 5.41) is 3.76. The molecular weight excluding hydrogens is 409 g/mol. The molecule has 0 saturated heterocycles. The number of benzene rings is 1. The van der Waals surface area contributed by atoms with Crippen molar-refractivity contribution < 1.29 is 9.18 Å². The van der Waals surface area contributed by atoms with Gasteiger partial charge in [0, 0.05) is 47.4 Å². The van der Waals surface area contributed by atoms with E-state index in [1.54, 1.807) is 12.1 Å². The Hall–Kier alpha value is -1.66. The van der Waals surface area contributed by atoms with Crippen molar-refractivity contribution in [2.75, 3.05) is 0 Å². The van der Waals surface area contributed by atoms with Crippen molar-refractivity contribution in [1.82, 2.24) is 14.5 Å². The molecule has 2 aromatic rings. The molecule has 1 aromatic carbocycles. The van der Waals surface area contributed by atoms with Crippen molar-refractivity contribution >= 4 is 29.7 Å². The SMILES string of the molecule is Cn1c(CC(=O)NC2CCCCC2)c2n(c1=S)C[C@@]1(c3cc(Cl)ccc3F)CC21. The number of carbonyl (C=O) groups is 1. The highest BCUT2D eigenvalue weighted by molar-refractivity contribution is 7.71. The summed E-state index contributed by atoms with van der Waals surface area (Å²) in [4.78, 5) is 12.8. The van der Waals surface area contributed by atoms with Crippen LogP contribution in [0.3, 0.4) is 0 Å². The first-order chi connectivity index (χ1) is 13.9. The molecule has 3 aliphatic rings. The number of rotatable bonds is 4. The van der Waals surface area contributed by atoms with Crippen molar-refractivity contribution in [2.45, 2.75) is 68.9 Å². The fraction of sp³-hybridized carbons (Fsp3) is 0.545. The second kappa shape index (κ2) is 6.95. The van der Waals surface area contributed by atoms with E-state index in [1.165, 1.54) is 25.3 Å². The Labute approximate surface area is 180 Å². The molecule has 1 aromatic heterocycles. The quantitative estimate of drug-likeness (QED) is 0.705. The van der Waals surface area contributed by atoms with Gasteiger partial charge in [0.15, 0.2) is 4.77 Å². The summed E-state index contributed by atoms with van der Waals surface area (Å²) >= 11 is 11.8. The molecule has 29 heavy (non-hydrogen) atoms. The van der Waals surface area contributed by atoms with Crippen LogP contribution in [0.25, 0.3) is 0 Å². The highest BCUT2D eigenvalue weighted by atomic mass is 35.5. The fourth-order valence-corrected chi connectivity index (χ4v) is 5.98. The second-order valence-corrected chi connectivity index (χ2v) is 9.68. The van der Waals surface area contributed by atoms with Gasteiger partial charge in [-0.25, -0.2) is 4.39 Å². The molecule has 1 amide bonds. The minimum absolute atomic E-state index is 0.0583. The van der Waals surface area contributed by atoms with Gasteiger partial charge in [0.2, 0.25) is 5.91 Å². The molecule has 154 valence electrons. The molecule has 1 unspecified atom stereocenters.